The van der Waals surface area contributed by atoms with Crippen LogP contribution in [0.1, 0.15) is 42.2 Å². The predicted octanol–water partition coefficient (Wildman–Crippen LogP) is 4.04. The average molecular weight is 525 g/mol. The van der Waals surface area contributed by atoms with E-state index in [1.54, 1.807) is 18.2 Å². The number of β-amino-alcohol motifs (C(OH)–C–C–N with tert-alkyl or cyclic N) is 1. The lowest BCUT2D eigenvalue weighted by atomic mass is 9.93. The van der Waals surface area contributed by atoms with Gasteiger partial charge in [-0.15, -0.1) is 0 Å². The van der Waals surface area contributed by atoms with Crippen LogP contribution in [0.15, 0.2) is 66.7 Å². The molecule has 0 fully saturated rings. The molecule has 8 nitrogen and oxygen atoms in total. The van der Waals surface area contributed by atoms with Crippen LogP contribution in [0.2, 0.25) is 5.02 Å². The van der Waals surface area contributed by atoms with Crippen LogP contribution in [-0.4, -0.2) is 34.2 Å². The number of phenolic OH excluding ortho intramolecular Hbond substituents is 1. The Bertz CT molecular complexity index is 1230. The number of rotatable bonds is 11. The van der Waals surface area contributed by atoms with Gasteiger partial charge in [-0.05, 0) is 66.8 Å². The van der Waals surface area contributed by atoms with Crippen molar-refractivity contribution in [2.24, 2.45) is 5.73 Å². The Balaban J connectivity index is 1.53. The normalized spacial score (nSPS) is 12.1. The number of phenols is 1. The highest BCUT2D eigenvalue weighted by molar-refractivity contribution is 6.30. The summed E-state index contributed by atoms with van der Waals surface area (Å²) in [4.78, 5) is 23.6. The third kappa shape index (κ3) is 9.09. The number of carbonyl (C=O) groups is 2. The largest absolute Gasteiger partial charge is 0.506 e. The molecule has 0 heterocycles. The quantitative estimate of drug-likeness (QED) is 0.210. The maximum Gasteiger partial charge on any atom is 0.316 e. The third-order valence-electron chi connectivity index (χ3n) is 5.84. The third-order valence-corrected chi connectivity index (χ3v) is 6.09. The van der Waals surface area contributed by atoms with Gasteiger partial charge in [0.1, 0.15) is 5.75 Å². The van der Waals surface area contributed by atoms with Crippen LogP contribution in [0.4, 0.5) is 10.5 Å². The Labute approximate surface area is 221 Å². The van der Waals surface area contributed by atoms with Crippen molar-refractivity contribution >= 4 is 29.2 Å². The van der Waals surface area contributed by atoms with Crippen molar-refractivity contribution in [3.63, 3.8) is 0 Å². The first kappa shape index (κ1) is 28.0. The Morgan fingerprint density at radius 3 is 2.41 bits per heavy atom. The average Bonchev–Trinajstić information content (AvgIpc) is 2.83. The van der Waals surface area contributed by atoms with E-state index in [0.29, 0.717) is 23.6 Å². The van der Waals surface area contributed by atoms with Crippen LogP contribution in [0.3, 0.4) is 0 Å². The number of anilines is 1. The fourth-order valence-corrected chi connectivity index (χ4v) is 4.08. The van der Waals surface area contributed by atoms with E-state index in [1.165, 1.54) is 12.1 Å². The molecule has 7 N–H and O–H groups in total. The molecule has 0 spiro atoms. The lowest BCUT2D eigenvalue weighted by Gasteiger charge is -2.28. The van der Waals surface area contributed by atoms with Crippen molar-refractivity contribution < 1.29 is 19.8 Å². The summed E-state index contributed by atoms with van der Waals surface area (Å²) in [6.07, 6.45) is 0.0737. The zero-order valence-corrected chi connectivity index (χ0v) is 21.7. The minimum Gasteiger partial charge on any atom is -0.506 e. The second-order valence-corrected chi connectivity index (χ2v) is 10.1. The molecule has 196 valence electrons. The van der Waals surface area contributed by atoms with Gasteiger partial charge < -0.3 is 31.9 Å². The topological polar surface area (TPSA) is 137 Å². The number of hydrogen-bond acceptors (Lipinski definition) is 5. The Morgan fingerprint density at radius 1 is 1.00 bits per heavy atom. The van der Waals surface area contributed by atoms with Crippen molar-refractivity contribution in [1.29, 1.82) is 0 Å². The van der Waals surface area contributed by atoms with Crippen LogP contribution in [0.5, 0.6) is 5.75 Å². The van der Waals surface area contributed by atoms with Crippen LogP contribution in [0, 0.1) is 0 Å². The summed E-state index contributed by atoms with van der Waals surface area (Å²) in [5.74, 6) is -0.201. The maximum atomic E-state index is 12.4. The fourth-order valence-electron chi connectivity index (χ4n) is 3.96. The van der Waals surface area contributed by atoms with E-state index in [1.807, 2.05) is 50.2 Å². The van der Waals surface area contributed by atoms with Crippen molar-refractivity contribution in [1.82, 2.24) is 10.6 Å². The number of aliphatic hydroxyl groups excluding tert-OH is 1. The number of benzene rings is 3. The summed E-state index contributed by atoms with van der Waals surface area (Å²) in [5.41, 5.74) is 8.39. The number of carbonyl (C=O) groups excluding carboxylic acids is 2. The summed E-state index contributed by atoms with van der Waals surface area (Å²) in [5, 5.41) is 29.8. The number of aliphatic hydroxyl groups is 1. The Hall–Kier alpha value is -3.59. The molecule has 0 unspecified atom stereocenters. The van der Waals surface area contributed by atoms with E-state index < -0.39 is 12.1 Å². The van der Waals surface area contributed by atoms with Gasteiger partial charge in [-0.2, -0.15) is 0 Å². The molecule has 3 rings (SSSR count). The molecule has 0 aromatic heterocycles. The number of primary amides is 1. The first-order valence-corrected chi connectivity index (χ1v) is 12.3. The molecule has 0 saturated heterocycles. The summed E-state index contributed by atoms with van der Waals surface area (Å²) in [6, 6.07) is 18.9. The highest BCUT2D eigenvalue weighted by Crippen LogP contribution is 2.27. The van der Waals surface area contributed by atoms with E-state index in [9.17, 15) is 19.8 Å². The molecule has 3 aromatic rings. The van der Waals surface area contributed by atoms with Crippen molar-refractivity contribution in [2.45, 2.75) is 44.9 Å². The van der Waals surface area contributed by atoms with Crippen LogP contribution in [-0.2, 0) is 24.2 Å². The van der Waals surface area contributed by atoms with E-state index in [4.69, 9.17) is 17.3 Å². The Morgan fingerprint density at radius 2 is 1.70 bits per heavy atom. The molecule has 0 saturated carbocycles. The van der Waals surface area contributed by atoms with Gasteiger partial charge in [-0.1, -0.05) is 54.1 Å². The van der Waals surface area contributed by atoms with Gasteiger partial charge in [0, 0.05) is 23.7 Å². The van der Waals surface area contributed by atoms with Gasteiger partial charge >= 0.3 is 6.03 Å². The monoisotopic (exact) mass is 524 g/mol. The minimum atomic E-state index is -0.871. The molecule has 0 aliphatic carbocycles. The summed E-state index contributed by atoms with van der Waals surface area (Å²) >= 11 is 5.90. The van der Waals surface area contributed by atoms with Gasteiger partial charge in [0.25, 0.3) is 0 Å². The SMILES string of the molecule is CC(C)(Cc1cccc(CC(=O)NCc2ccc(Cl)cc2)c1)NC[C@H](O)c1ccc(O)c(NC(N)=O)c1. The lowest BCUT2D eigenvalue weighted by Crippen LogP contribution is -2.43. The molecule has 0 radical (unpaired) electrons. The molecule has 0 aliphatic rings. The minimum absolute atomic E-state index is 0.0632. The summed E-state index contributed by atoms with van der Waals surface area (Å²) in [7, 11) is 0. The van der Waals surface area contributed by atoms with Gasteiger partial charge in [0.15, 0.2) is 0 Å². The molecular formula is C28H33ClN4O4. The standard InChI is InChI=1S/C28H33ClN4O4/c1-28(2,32-17-25(35)21-8-11-24(34)23(14-21)33-27(30)37)15-20-5-3-4-19(12-20)13-26(36)31-16-18-6-9-22(29)10-7-18/h3-12,14,25,32,34-35H,13,15-17H2,1-2H3,(H,31,36)(H3,30,33,37)/t25-/m0/s1. The van der Waals surface area contributed by atoms with E-state index >= 15 is 0 Å². The molecule has 37 heavy (non-hydrogen) atoms. The van der Waals surface area contributed by atoms with Gasteiger partial charge in [0.2, 0.25) is 5.91 Å². The molecule has 3 amide bonds. The van der Waals surface area contributed by atoms with Crippen molar-refractivity contribution in [2.75, 3.05) is 11.9 Å². The second kappa shape index (κ2) is 12.6. The first-order valence-electron chi connectivity index (χ1n) is 11.9. The fraction of sp³-hybridized carbons (Fsp3) is 0.286. The smallest absolute Gasteiger partial charge is 0.316 e. The number of nitrogens with one attached hydrogen (secondary N) is 3. The number of nitrogens with two attached hydrogens (primary N) is 1. The first-order chi connectivity index (χ1) is 17.5. The second-order valence-electron chi connectivity index (χ2n) is 9.62. The number of aromatic hydroxyl groups is 1. The van der Waals surface area contributed by atoms with E-state index in [2.05, 4.69) is 16.0 Å². The number of urea groups is 1. The van der Waals surface area contributed by atoms with Gasteiger partial charge in [-0.3, -0.25) is 4.79 Å². The van der Waals surface area contributed by atoms with Crippen LogP contribution >= 0.6 is 11.6 Å². The number of hydrogen-bond donors (Lipinski definition) is 6. The number of halogens is 1. The Kier molecular flexibility index (Phi) is 9.52. The van der Waals surface area contributed by atoms with Crippen molar-refractivity contribution in [3.8, 4) is 5.75 Å². The molecule has 9 heteroatoms. The highest BCUT2D eigenvalue weighted by Gasteiger charge is 2.21. The van der Waals surface area contributed by atoms with Crippen molar-refractivity contribution in [3.05, 3.63) is 94.0 Å². The maximum absolute atomic E-state index is 12.4. The highest BCUT2D eigenvalue weighted by atomic mass is 35.5. The molecule has 0 aliphatic heterocycles. The molecule has 3 aromatic carbocycles. The zero-order valence-electron chi connectivity index (χ0n) is 20.9. The van der Waals surface area contributed by atoms with Crippen LogP contribution < -0.4 is 21.7 Å². The van der Waals surface area contributed by atoms with E-state index in [0.717, 1.165) is 16.7 Å². The molecule has 1 atom stereocenters. The summed E-state index contributed by atoms with van der Waals surface area (Å²) < 4.78 is 0. The molecule has 0 bridgehead atoms. The zero-order chi connectivity index (χ0) is 27.0. The summed E-state index contributed by atoms with van der Waals surface area (Å²) in [6.45, 7) is 4.75. The molecular weight excluding hydrogens is 492 g/mol. The lowest BCUT2D eigenvalue weighted by molar-refractivity contribution is -0.120. The van der Waals surface area contributed by atoms with E-state index in [-0.39, 0.29) is 35.8 Å². The number of amides is 3. The predicted molar refractivity (Wildman–Crippen MR) is 146 cm³/mol. The van der Waals surface area contributed by atoms with Gasteiger partial charge in [-0.25, -0.2) is 4.79 Å². The van der Waals surface area contributed by atoms with Gasteiger partial charge in [0.05, 0.1) is 18.2 Å². The van der Waals surface area contributed by atoms with Crippen LogP contribution in [0.25, 0.3) is 0 Å².